The van der Waals surface area contributed by atoms with E-state index in [2.05, 4.69) is 26.1 Å². The molecule has 1 fully saturated rings. The number of hydrogen-bond acceptors (Lipinski definition) is 2. The Balaban J connectivity index is 2.28. The molecular formula is C12H25NO. The first-order chi connectivity index (χ1) is 6.57. The van der Waals surface area contributed by atoms with Crippen LogP contribution in [0.4, 0.5) is 0 Å². The van der Waals surface area contributed by atoms with Gasteiger partial charge >= 0.3 is 0 Å². The fourth-order valence-corrected chi connectivity index (χ4v) is 2.20. The fourth-order valence-electron chi connectivity index (χ4n) is 2.20. The van der Waals surface area contributed by atoms with E-state index >= 15 is 0 Å². The zero-order chi connectivity index (χ0) is 10.6. The lowest BCUT2D eigenvalue weighted by Gasteiger charge is -2.36. The average Bonchev–Trinajstić information content (AvgIpc) is 2.16. The van der Waals surface area contributed by atoms with Gasteiger partial charge in [0.1, 0.15) is 0 Å². The number of rotatable bonds is 4. The summed E-state index contributed by atoms with van der Waals surface area (Å²) in [6.07, 6.45) is 6.18. The van der Waals surface area contributed by atoms with E-state index in [4.69, 9.17) is 5.11 Å². The maximum absolute atomic E-state index is 9.10. The summed E-state index contributed by atoms with van der Waals surface area (Å²) in [6.45, 7) is 7.11. The fraction of sp³-hybridized carbons (Fsp3) is 1.00. The first-order valence-corrected chi connectivity index (χ1v) is 5.94. The number of aliphatic hydroxyl groups is 1. The van der Waals surface area contributed by atoms with Crippen molar-refractivity contribution in [2.24, 2.45) is 5.41 Å². The van der Waals surface area contributed by atoms with Crippen LogP contribution in [0.5, 0.6) is 0 Å². The van der Waals surface area contributed by atoms with E-state index in [9.17, 15) is 0 Å². The van der Waals surface area contributed by atoms with Crippen LogP contribution in [0.1, 0.15) is 52.9 Å². The molecule has 2 heteroatoms. The van der Waals surface area contributed by atoms with Crippen LogP contribution in [0.2, 0.25) is 0 Å². The maximum atomic E-state index is 9.10. The van der Waals surface area contributed by atoms with Gasteiger partial charge in [-0.15, -0.1) is 0 Å². The van der Waals surface area contributed by atoms with E-state index in [1.165, 1.54) is 25.7 Å². The summed E-state index contributed by atoms with van der Waals surface area (Å²) >= 11 is 0. The van der Waals surface area contributed by atoms with Crippen LogP contribution in [0.25, 0.3) is 0 Å². The van der Waals surface area contributed by atoms with Crippen LogP contribution < -0.4 is 5.32 Å². The van der Waals surface area contributed by atoms with Crippen LogP contribution in [-0.2, 0) is 0 Å². The number of nitrogens with one attached hydrogen (secondary N) is 1. The van der Waals surface area contributed by atoms with Crippen molar-refractivity contribution in [1.29, 1.82) is 0 Å². The lowest BCUT2D eigenvalue weighted by molar-refractivity contribution is 0.173. The Hall–Kier alpha value is -0.0800. The Kier molecular flexibility index (Phi) is 4.39. The van der Waals surface area contributed by atoms with Gasteiger partial charge in [0.2, 0.25) is 0 Å². The molecule has 0 bridgehead atoms. The minimum Gasteiger partial charge on any atom is -0.395 e. The zero-order valence-electron chi connectivity index (χ0n) is 9.84. The van der Waals surface area contributed by atoms with E-state index in [0.29, 0.717) is 17.5 Å². The van der Waals surface area contributed by atoms with E-state index in [0.717, 1.165) is 6.42 Å². The summed E-state index contributed by atoms with van der Waals surface area (Å²) in [4.78, 5) is 0. The molecule has 0 saturated heterocycles. The molecule has 0 aromatic heterocycles. The van der Waals surface area contributed by atoms with Gasteiger partial charge in [0.05, 0.1) is 6.61 Å². The number of hydrogen-bond donors (Lipinski definition) is 2. The normalized spacial score (nSPS) is 24.9. The molecule has 0 aliphatic heterocycles. The molecule has 84 valence electrons. The third-order valence-electron chi connectivity index (χ3n) is 3.52. The summed E-state index contributed by atoms with van der Waals surface area (Å²) in [5.74, 6) is 0. The standard InChI is InChI=1S/C12H25NO/c1-4-10(9-14)13-11-5-7-12(2,3)8-6-11/h10-11,13-14H,4-9H2,1-3H3/t10-/m1/s1. The third kappa shape index (κ3) is 3.58. The molecule has 1 rings (SSSR count). The molecule has 2 N–H and O–H groups in total. The van der Waals surface area contributed by atoms with Crippen LogP contribution in [0.15, 0.2) is 0 Å². The lowest BCUT2D eigenvalue weighted by Crippen LogP contribution is -2.43. The van der Waals surface area contributed by atoms with Crippen molar-refractivity contribution in [2.45, 2.75) is 65.0 Å². The van der Waals surface area contributed by atoms with Gasteiger partial charge in [-0.25, -0.2) is 0 Å². The van der Waals surface area contributed by atoms with Crippen molar-refractivity contribution in [2.75, 3.05) is 6.61 Å². The molecule has 0 spiro atoms. The largest absolute Gasteiger partial charge is 0.395 e. The van der Waals surface area contributed by atoms with E-state index in [1.807, 2.05) is 0 Å². The third-order valence-corrected chi connectivity index (χ3v) is 3.52. The van der Waals surface area contributed by atoms with Crippen molar-refractivity contribution in [1.82, 2.24) is 5.32 Å². The predicted molar refractivity (Wildman–Crippen MR) is 60.3 cm³/mol. The van der Waals surface area contributed by atoms with E-state index in [1.54, 1.807) is 0 Å². The molecule has 0 radical (unpaired) electrons. The van der Waals surface area contributed by atoms with Gasteiger partial charge in [-0.05, 0) is 37.5 Å². The Morgan fingerprint density at radius 1 is 1.36 bits per heavy atom. The highest BCUT2D eigenvalue weighted by atomic mass is 16.3. The van der Waals surface area contributed by atoms with Crippen molar-refractivity contribution >= 4 is 0 Å². The van der Waals surface area contributed by atoms with Crippen LogP contribution in [-0.4, -0.2) is 23.8 Å². The average molecular weight is 199 g/mol. The molecular weight excluding hydrogens is 174 g/mol. The number of aliphatic hydroxyl groups excluding tert-OH is 1. The first-order valence-electron chi connectivity index (χ1n) is 5.94. The molecule has 0 amide bonds. The smallest absolute Gasteiger partial charge is 0.0584 e. The highest BCUT2D eigenvalue weighted by Gasteiger charge is 2.27. The van der Waals surface area contributed by atoms with Crippen molar-refractivity contribution in [3.8, 4) is 0 Å². The van der Waals surface area contributed by atoms with Gasteiger partial charge in [-0.2, -0.15) is 0 Å². The topological polar surface area (TPSA) is 32.3 Å². The predicted octanol–water partition coefficient (Wildman–Crippen LogP) is 2.32. The minimum atomic E-state index is 0.274. The Labute approximate surface area is 88.1 Å². The monoisotopic (exact) mass is 199 g/mol. The highest BCUT2D eigenvalue weighted by Crippen LogP contribution is 2.35. The summed E-state index contributed by atoms with van der Waals surface area (Å²) in [5, 5.41) is 12.6. The van der Waals surface area contributed by atoms with Crippen LogP contribution in [0.3, 0.4) is 0 Å². The molecule has 0 heterocycles. The van der Waals surface area contributed by atoms with Gasteiger partial charge in [0.15, 0.2) is 0 Å². The Morgan fingerprint density at radius 3 is 2.36 bits per heavy atom. The second-order valence-corrected chi connectivity index (χ2v) is 5.39. The van der Waals surface area contributed by atoms with Crippen molar-refractivity contribution in [3.63, 3.8) is 0 Å². The van der Waals surface area contributed by atoms with Crippen LogP contribution >= 0.6 is 0 Å². The van der Waals surface area contributed by atoms with Crippen LogP contribution in [0, 0.1) is 5.41 Å². The highest BCUT2D eigenvalue weighted by molar-refractivity contribution is 4.83. The summed E-state index contributed by atoms with van der Waals surface area (Å²) in [7, 11) is 0. The molecule has 1 saturated carbocycles. The van der Waals surface area contributed by atoms with E-state index < -0.39 is 0 Å². The second-order valence-electron chi connectivity index (χ2n) is 5.39. The van der Waals surface area contributed by atoms with Crippen molar-refractivity contribution in [3.05, 3.63) is 0 Å². The molecule has 1 aliphatic rings. The molecule has 0 aromatic carbocycles. The molecule has 2 nitrogen and oxygen atoms in total. The summed E-state index contributed by atoms with van der Waals surface area (Å²) in [6, 6.07) is 0.946. The van der Waals surface area contributed by atoms with Gasteiger partial charge in [-0.3, -0.25) is 0 Å². The molecule has 0 aromatic rings. The first kappa shape index (κ1) is 12.0. The summed E-state index contributed by atoms with van der Waals surface area (Å²) < 4.78 is 0. The minimum absolute atomic E-state index is 0.274. The van der Waals surface area contributed by atoms with Gasteiger partial charge in [0.25, 0.3) is 0 Å². The molecule has 1 atom stereocenters. The Bertz CT molecular complexity index is 154. The van der Waals surface area contributed by atoms with E-state index in [-0.39, 0.29) is 6.61 Å². The molecule has 0 unspecified atom stereocenters. The quantitative estimate of drug-likeness (QED) is 0.728. The molecule has 1 aliphatic carbocycles. The zero-order valence-corrected chi connectivity index (χ0v) is 9.84. The van der Waals surface area contributed by atoms with Crippen molar-refractivity contribution < 1.29 is 5.11 Å². The maximum Gasteiger partial charge on any atom is 0.0584 e. The van der Waals surface area contributed by atoms with Gasteiger partial charge in [0, 0.05) is 12.1 Å². The van der Waals surface area contributed by atoms with Gasteiger partial charge < -0.3 is 10.4 Å². The van der Waals surface area contributed by atoms with Gasteiger partial charge in [-0.1, -0.05) is 20.8 Å². The lowest BCUT2D eigenvalue weighted by atomic mass is 9.75. The molecule has 14 heavy (non-hydrogen) atoms. The Morgan fingerprint density at radius 2 is 1.93 bits per heavy atom. The SMILES string of the molecule is CC[C@H](CO)NC1CCC(C)(C)CC1. The second kappa shape index (κ2) is 5.13. The summed E-state index contributed by atoms with van der Waals surface area (Å²) in [5.41, 5.74) is 0.541.